The van der Waals surface area contributed by atoms with E-state index in [1.54, 1.807) is 42.5 Å². The smallest absolute Gasteiger partial charge is 0.224 e. The molecule has 0 aliphatic carbocycles. The number of carbonyl (C=O) groups is 2. The predicted molar refractivity (Wildman–Crippen MR) is 130 cm³/mol. The lowest BCUT2D eigenvalue weighted by Crippen LogP contribution is -2.16. The summed E-state index contributed by atoms with van der Waals surface area (Å²) in [4.78, 5) is 25.4. The number of aryl methyl sites for hydroxylation is 1. The van der Waals surface area contributed by atoms with Crippen molar-refractivity contribution in [3.05, 3.63) is 94.0 Å². The zero-order valence-electron chi connectivity index (χ0n) is 18.7. The van der Waals surface area contributed by atoms with Gasteiger partial charge in [0.15, 0.2) is 5.78 Å². The molecule has 0 saturated heterocycles. The average molecular weight is 450 g/mol. The summed E-state index contributed by atoms with van der Waals surface area (Å²) in [6, 6.07) is 19.9. The summed E-state index contributed by atoms with van der Waals surface area (Å²) in [6.07, 6.45) is 0.844. The number of halogens is 1. The van der Waals surface area contributed by atoms with Crippen LogP contribution in [0.15, 0.2) is 66.7 Å². The first-order valence-corrected chi connectivity index (χ1v) is 11.2. The fourth-order valence-electron chi connectivity index (χ4n) is 3.58. The van der Waals surface area contributed by atoms with Crippen LogP contribution < -0.4 is 10.1 Å². The zero-order chi connectivity index (χ0) is 23.1. The van der Waals surface area contributed by atoms with Gasteiger partial charge >= 0.3 is 0 Å². The molecule has 3 aromatic carbocycles. The van der Waals surface area contributed by atoms with Crippen LogP contribution in [-0.4, -0.2) is 18.3 Å². The minimum absolute atomic E-state index is 0.177. The van der Waals surface area contributed by atoms with Gasteiger partial charge in [0.2, 0.25) is 5.91 Å². The third-order valence-corrected chi connectivity index (χ3v) is 5.45. The Balaban J connectivity index is 1.56. The minimum Gasteiger partial charge on any atom is -0.494 e. The van der Waals surface area contributed by atoms with Gasteiger partial charge in [0, 0.05) is 22.6 Å². The maximum absolute atomic E-state index is 12.9. The number of ketones is 1. The molecule has 5 heteroatoms. The molecule has 0 bridgehead atoms. The lowest BCUT2D eigenvalue weighted by molar-refractivity contribution is -0.116. The van der Waals surface area contributed by atoms with Crippen LogP contribution in [0, 0.1) is 6.92 Å². The number of benzene rings is 3. The van der Waals surface area contributed by atoms with Crippen molar-refractivity contribution in [2.75, 3.05) is 11.9 Å². The Labute approximate surface area is 194 Å². The van der Waals surface area contributed by atoms with E-state index in [0.29, 0.717) is 40.8 Å². The second-order valence-corrected chi connectivity index (χ2v) is 8.49. The van der Waals surface area contributed by atoms with Crippen LogP contribution in [0.2, 0.25) is 5.02 Å². The van der Waals surface area contributed by atoms with Crippen LogP contribution in [0.5, 0.6) is 5.75 Å². The Hall–Kier alpha value is -3.11. The summed E-state index contributed by atoms with van der Waals surface area (Å²) >= 11 is 6.10. The monoisotopic (exact) mass is 449 g/mol. The second kappa shape index (κ2) is 11.0. The molecule has 0 unspecified atom stereocenters. The molecule has 3 rings (SSSR count). The van der Waals surface area contributed by atoms with Crippen LogP contribution in [0.4, 0.5) is 5.69 Å². The number of ether oxygens (including phenoxy) is 1. The van der Waals surface area contributed by atoms with E-state index in [1.807, 2.05) is 18.2 Å². The molecule has 0 aromatic heterocycles. The Morgan fingerprint density at radius 3 is 2.44 bits per heavy atom. The zero-order valence-corrected chi connectivity index (χ0v) is 19.4. The number of anilines is 1. The van der Waals surface area contributed by atoms with Gasteiger partial charge < -0.3 is 10.1 Å². The van der Waals surface area contributed by atoms with Crippen molar-refractivity contribution in [1.82, 2.24) is 0 Å². The number of rotatable bonds is 9. The average Bonchev–Trinajstić information content (AvgIpc) is 2.78. The first-order valence-electron chi connectivity index (χ1n) is 10.8. The Morgan fingerprint density at radius 2 is 1.75 bits per heavy atom. The third kappa shape index (κ3) is 6.21. The maximum Gasteiger partial charge on any atom is 0.224 e. The van der Waals surface area contributed by atoms with E-state index in [-0.39, 0.29) is 18.1 Å². The van der Waals surface area contributed by atoms with Gasteiger partial charge in [-0.15, -0.1) is 0 Å². The van der Waals surface area contributed by atoms with Crippen LogP contribution >= 0.6 is 11.6 Å². The predicted octanol–water partition coefficient (Wildman–Crippen LogP) is 6.80. The topological polar surface area (TPSA) is 55.4 Å². The summed E-state index contributed by atoms with van der Waals surface area (Å²) < 4.78 is 5.81. The molecular weight excluding hydrogens is 422 g/mol. The van der Waals surface area contributed by atoms with Gasteiger partial charge in [-0.05, 0) is 60.7 Å². The maximum atomic E-state index is 12.9. The molecule has 1 amide bonds. The van der Waals surface area contributed by atoms with Crippen LogP contribution in [-0.2, 0) is 4.79 Å². The van der Waals surface area contributed by atoms with Gasteiger partial charge in [0.05, 0.1) is 12.3 Å². The lowest BCUT2D eigenvalue weighted by atomic mass is 9.98. The van der Waals surface area contributed by atoms with Gasteiger partial charge in [-0.2, -0.15) is 0 Å². The van der Waals surface area contributed by atoms with Crippen molar-refractivity contribution in [2.24, 2.45) is 0 Å². The molecule has 0 fully saturated rings. The van der Waals surface area contributed by atoms with Crippen molar-refractivity contribution >= 4 is 29.0 Å². The molecule has 0 saturated carbocycles. The molecule has 4 nitrogen and oxygen atoms in total. The summed E-state index contributed by atoms with van der Waals surface area (Å²) in [6.45, 7) is 6.85. The standard InChI is InChI=1S/C27H28ClNO3/c1-18(2)23-13-12-22(16-19(23)3)32-15-7-10-26(30)29-25-14-11-21(28)17-24(25)27(31)20-8-5-4-6-9-20/h4-6,8-9,11-14,16-18H,7,10,15H2,1-3H3,(H,29,30). The molecule has 0 radical (unpaired) electrons. The molecule has 166 valence electrons. The SMILES string of the molecule is Cc1cc(OCCCC(=O)Nc2ccc(Cl)cc2C(=O)c2ccccc2)ccc1C(C)C. The first kappa shape index (κ1) is 23.6. The fourth-order valence-corrected chi connectivity index (χ4v) is 3.75. The number of nitrogens with one attached hydrogen (secondary N) is 1. The van der Waals surface area contributed by atoms with E-state index in [2.05, 4.69) is 32.2 Å². The minimum atomic E-state index is -0.188. The van der Waals surface area contributed by atoms with Crippen molar-refractivity contribution < 1.29 is 14.3 Å². The normalized spacial score (nSPS) is 10.8. The van der Waals surface area contributed by atoms with E-state index < -0.39 is 0 Å². The molecule has 0 spiro atoms. The van der Waals surface area contributed by atoms with Gasteiger partial charge in [-0.1, -0.05) is 61.8 Å². The molecule has 3 aromatic rings. The van der Waals surface area contributed by atoms with E-state index in [0.717, 1.165) is 5.75 Å². The summed E-state index contributed by atoms with van der Waals surface area (Å²) in [5.41, 5.74) is 3.87. The van der Waals surface area contributed by atoms with Crippen LogP contribution in [0.25, 0.3) is 0 Å². The Kier molecular flexibility index (Phi) is 8.07. The lowest BCUT2D eigenvalue weighted by Gasteiger charge is -2.13. The van der Waals surface area contributed by atoms with Crippen molar-refractivity contribution in [1.29, 1.82) is 0 Å². The molecule has 0 atom stereocenters. The van der Waals surface area contributed by atoms with Gasteiger partial charge in [0.1, 0.15) is 5.75 Å². The van der Waals surface area contributed by atoms with Crippen molar-refractivity contribution in [2.45, 2.75) is 39.5 Å². The number of carbonyl (C=O) groups excluding carboxylic acids is 2. The highest BCUT2D eigenvalue weighted by atomic mass is 35.5. The molecule has 32 heavy (non-hydrogen) atoms. The Morgan fingerprint density at radius 1 is 1.00 bits per heavy atom. The largest absolute Gasteiger partial charge is 0.494 e. The molecule has 1 N–H and O–H groups in total. The summed E-state index contributed by atoms with van der Waals surface area (Å²) in [5.74, 6) is 0.913. The van der Waals surface area contributed by atoms with Crippen molar-refractivity contribution in [3.8, 4) is 5.75 Å². The van der Waals surface area contributed by atoms with Crippen molar-refractivity contribution in [3.63, 3.8) is 0 Å². The van der Waals surface area contributed by atoms with E-state index in [4.69, 9.17) is 16.3 Å². The summed E-state index contributed by atoms with van der Waals surface area (Å²) in [5, 5.41) is 3.28. The fraction of sp³-hybridized carbons (Fsp3) is 0.259. The summed E-state index contributed by atoms with van der Waals surface area (Å²) in [7, 11) is 0. The number of hydrogen-bond acceptors (Lipinski definition) is 3. The van der Waals surface area contributed by atoms with Gasteiger partial charge in [-0.25, -0.2) is 0 Å². The van der Waals surface area contributed by atoms with E-state index in [1.165, 1.54) is 11.1 Å². The quantitative estimate of drug-likeness (QED) is 0.288. The highest BCUT2D eigenvalue weighted by Gasteiger charge is 2.16. The molecular formula is C27H28ClNO3. The first-order chi connectivity index (χ1) is 15.3. The molecule has 0 aliphatic rings. The van der Waals surface area contributed by atoms with E-state index >= 15 is 0 Å². The van der Waals surface area contributed by atoms with Gasteiger partial charge in [-0.3, -0.25) is 9.59 Å². The second-order valence-electron chi connectivity index (χ2n) is 8.06. The Bertz CT molecular complexity index is 1090. The number of hydrogen-bond donors (Lipinski definition) is 1. The molecule has 0 heterocycles. The van der Waals surface area contributed by atoms with E-state index in [9.17, 15) is 9.59 Å². The molecule has 0 aliphatic heterocycles. The van der Waals surface area contributed by atoms with Gasteiger partial charge in [0.25, 0.3) is 0 Å². The van der Waals surface area contributed by atoms with Crippen LogP contribution in [0.3, 0.4) is 0 Å². The third-order valence-electron chi connectivity index (χ3n) is 5.22. The van der Waals surface area contributed by atoms with Crippen LogP contribution in [0.1, 0.15) is 59.7 Å². The number of amides is 1. The highest BCUT2D eigenvalue weighted by Crippen LogP contribution is 2.25. The highest BCUT2D eigenvalue weighted by molar-refractivity contribution is 6.31.